The van der Waals surface area contributed by atoms with Gasteiger partial charge in [-0.25, -0.2) is 0 Å². The van der Waals surface area contributed by atoms with E-state index in [0.717, 1.165) is 29.2 Å². The Kier molecular flexibility index (Phi) is 16.7. The molecule has 0 saturated heterocycles. The van der Waals surface area contributed by atoms with Gasteiger partial charge in [0, 0.05) is 72.8 Å². The Morgan fingerprint density at radius 3 is 1.67 bits per heavy atom. The molecule has 29 heteroatoms. The fraction of sp³-hybridized carbons (Fsp3) is 0.447. The van der Waals surface area contributed by atoms with E-state index in [1.54, 1.807) is 68.7 Å². The van der Waals surface area contributed by atoms with Crippen molar-refractivity contribution in [3.8, 4) is 0 Å². The van der Waals surface area contributed by atoms with Crippen molar-refractivity contribution in [2.24, 2.45) is 5.41 Å². The van der Waals surface area contributed by atoms with Gasteiger partial charge >= 0.3 is 0 Å². The number of fused-ring (bicyclic) bond motifs is 2. The summed E-state index contributed by atoms with van der Waals surface area (Å²) in [6.45, 7) is 7.25. The molecule has 2 atom stereocenters. The molecule has 3 heterocycles. The van der Waals surface area contributed by atoms with E-state index in [1.165, 1.54) is 30.3 Å². The van der Waals surface area contributed by atoms with Gasteiger partial charge in [-0.3, -0.25) is 46.8 Å². The average Bonchev–Trinajstić information content (AvgIpc) is 3.78. The van der Waals surface area contributed by atoms with Gasteiger partial charge in [0.05, 0.1) is 32.6 Å². The molecule has 6 rings (SSSR count). The monoisotopic (exact) mass is 1160 g/mol. The topological polar surface area (TPSA) is 374 Å². The Morgan fingerprint density at radius 2 is 1.13 bits per heavy atom. The van der Waals surface area contributed by atoms with Gasteiger partial charge in [0.25, 0.3) is 62.4 Å². The SMILES string of the molecule is CC1(C)/C(=C\C=C2C=C(/C=C/C3(C)N(CCCS(=O)(=O)O)c4ccc(S(=O)(=O)O)cc4C3(C)C)CC(C(=O)NCCN3C(=O)C=CC3=O)(C(=O)NCCS(=O)(=O)O)C\2)N(CCCS(=O)(=O)O)c2ccc(S(=O)(=O)O)cc21. The summed E-state index contributed by atoms with van der Waals surface area (Å²) in [7, 11) is -23.0. The fourth-order valence-electron chi connectivity index (χ4n) is 10.0. The second-order valence-corrected chi connectivity index (χ2v) is 27.6. The molecule has 0 spiro atoms. The van der Waals surface area contributed by atoms with Crippen molar-refractivity contribution >= 4 is 85.6 Å². The van der Waals surface area contributed by atoms with Crippen LogP contribution in [-0.2, 0) is 80.6 Å². The van der Waals surface area contributed by atoms with Gasteiger partial charge in [0.1, 0.15) is 5.41 Å². The second kappa shape index (κ2) is 21.3. The van der Waals surface area contributed by atoms with Crippen LogP contribution in [0.1, 0.15) is 71.4 Å². The lowest BCUT2D eigenvalue weighted by Crippen LogP contribution is -2.54. The number of hydrogen-bond donors (Lipinski definition) is 7. The van der Waals surface area contributed by atoms with Gasteiger partial charge in [-0.1, -0.05) is 52.0 Å². The first-order chi connectivity index (χ1) is 34.8. The lowest BCUT2D eigenvalue weighted by Gasteiger charge is -2.44. The lowest BCUT2D eigenvalue weighted by molar-refractivity contribution is -0.145. The summed E-state index contributed by atoms with van der Waals surface area (Å²) in [6.07, 6.45) is 8.95. The number of allylic oxidation sites excluding steroid dienone is 7. The van der Waals surface area contributed by atoms with Gasteiger partial charge in [-0.05, 0) is 97.4 Å². The van der Waals surface area contributed by atoms with Crippen LogP contribution < -0.4 is 20.4 Å². The van der Waals surface area contributed by atoms with Gasteiger partial charge < -0.3 is 20.4 Å². The number of amides is 4. The van der Waals surface area contributed by atoms with Crippen LogP contribution in [0.4, 0.5) is 11.4 Å². The first-order valence-electron chi connectivity index (χ1n) is 23.4. The lowest BCUT2D eigenvalue weighted by atomic mass is 9.68. The third-order valence-electron chi connectivity index (χ3n) is 14.3. The number of anilines is 2. The van der Waals surface area contributed by atoms with Crippen molar-refractivity contribution in [3.63, 3.8) is 0 Å². The zero-order chi connectivity index (χ0) is 56.8. The molecule has 416 valence electrons. The Labute approximate surface area is 441 Å². The number of benzene rings is 2. The van der Waals surface area contributed by atoms with E-state index in [2.05, 4.69) is 10.6 Å². The highest BCUT2D eigenvalue weighted by atomic mass is 32.2. The van der Waals surface area contributed by atoms with Crippen molar-refractivity contribution in [2.45, 2.75) is 86.5 Å². The molecule has 2 aromatic carbocycles. The summed E-state index contributed by atoms with van der Waals surface area (Å²) < 4.78 is 169. The van der Waals surface area contributed by atoms with E-state index in [0.29, 0.717) is 28.2 Å². The van der Waals surface area contributed by atoms with Crippen molar-refractivity contribution in [3.05, 3.63) is 107 Å². The number of carbonyl (C=O) groups is 4. The first-order valence-corrected chi connectivity index (χ1v) is 31.1. The van der Waals surface area contributed by atoms with E-state index in [9.17, 15) is 84.0 Å². The number of hydrogen-bond acceptors (Lipinski definition) is 16. The third-order valence-corrected chi connectivity index (χ3v) is 18.3. The highest BCUT2D eigenvalue weighted by Crippen LogP contribution is 2.54. The molecule has 0 radical (unpaired) electrons. The fourth-order valence-corrected chi connectivity index (χ4v) is 12.4. The second-order valence-electron chi connectivity index (χ2n) is 20.0. The Morgan fingerprint density at radius 1 is 0.618 bits per heavy atom. The van der Waals surface area contributed by atoms with Crippen molar-refractivity contribution < 1.29 is 84.0 Å². The van der Waals surface area contributed by atoms with Crippen LogP contribution in [0, 0.1) is 5.41 Å². The van der Waals surface area contributed by atoms with E-state index in [-0.39, 0.29) is 50.2 Å². The molecule has 76 heavy (non-hydrogen) atoms. The van der Waals surface area contributed by atoms with E-state index in [4.69, 9.17) is 0 Å². The van der Waals surface area contributed by atoms with Crippen molar-refractivity contribution in [1.82, 2.24) is 15.5 Å². The minimum absolute atomic E-state index is 0.0370. The zero-order valence-electron chi connectivity index (χ0n) is 41.8. The van der Waals surface area contributed by atoms with Crippen LogP contribution in [0.2, 0.25) is 0 Å². The summed E-state index contributed by atoms with van der Waals surface area (Å²) in [6, 6.07) is 7.69. The molecular formula is C47H59N5O19S5. The maximum Gasteiger partial charge on any atom is 0.294 e. The summed E-state index contributed by atoms with van der Waals surface area (Å²) in [5.41, 5.74) is -3.08. The number of carbonyl (C=O) groups excluding carboxylic acids is 4. The molecule has 7 N–H and O–H groups in total. The van der Waals surface area contributed by atoms with Crippen LogP contribution in [0.3, 0.4) is 0 Å². The van der Waals surface area contributed by atoms with E-state index in [1.807, 2.05) is 0 Å². The normalized spacial score (nSPS) is 22.7. The molecule has 1 aliphatic carbocycles. The van der Waals surface area contributed by atoms with Crippen LogP contribution in [0.5, 0.6) is 0 Å². The van der Waals surface area contributed by atoms with E-state index < -0.39 is 142 Å². The number of rotatable bonds is 21. The third kappa shape index (κ3) is 13.0. The Bertz CT molecular complexity index is 3480. The number of nitrogens with one attached hydrogen (secondary N) is 2. The molecule has 0 saturated carbocycles. The van der Waals surface area contributed by atoms with Crippen LogP contribution in [-0.4, -0.2) is 149 Å². The number of imide groups is 1. The largest absolute Gasteiger partial charge is 0.362 e. The Hall–Kier alpha value is -5.63. The van der Waals surface area contributed by atoms with Gasteiger partial charge in [0.15, 0.2) is 0 Å². The molecule has 2 aromatic rings. The quantitative estimate of drug-likeness (QED) is 0.0536. The highest BCUT2D eigenvalue weighted by molar-refractivity contribution is 7.86. The van der Waals surface area contributed by atoms with E-state index >= 15 is 0 Å². The zero-order valence-corrected chi connectivity index (χ0v) is 45.9. The van der Waals surface area contributed by atoms with Crippen LogP contribution in [0.25, 0.3) is 0 Å². The maximum atomic E-state index is 14.8. The van der Waals surface area contributed by atoms with Crippen LogP contribution in [0.15, 0.2) is 106 Å². The molecule has 4 amide bonds. The smallest absolute Gasteiger partial charge is 0.294 e. The minimum Gasteiger partial charge on any atom is -0.362 e. The summed E-state index contributed by atoms with van der Waals surface area (Å²) in [5, 5.41) is 5.06. The summed E-state index contributed by atoms with van der Waals surface area (Å²) in [5.74, 6) is -5.56. The molecule has 0 aromatic heterocycles. The van der Waals surface area contributed by atoms with Crippen LogP contribution >= 0.6 is 0 Å². The molecule has 0 bridgehead atoms. The molecule has 24 nitrogen and oxygen atoms in total. The van der Waals surface area contributed by atoms with Gasteiger partial charge in [-0.2, -0.15) is 42.1 Å². The van der Waals surface area contributed by atoms with Crippen molar-refractivity contribution in [2.75, 3.05) is 59.8 Å². The molecule has 3 aliphatic heterocycles. The molecule has 0 fully saturated rings. The average molecular weight is 1160 g/mol. The summed E-state index contributed by atoms with van der Waals surface area (Å²) in [4.78, 5) is 57.8. The highest BCUT2D eigenvalue weighted by Gasteiger charge is 2.53. The predicted molar refractivity (Wildman–Crippen MR) is 277 cm³/mol. The number of nitrogens with zero attached hydrogens (tertiary/aromatic N) is 3. The molecule has 2 unspecified atom stereocenters. The predicted octanol–water partition coefficient (Wildman–Crippen LogP) is 2.51. The van der Waals surface area contributed by atoms with Crippen molar-refractivity contribution in [1.29, 1.82) is 0 Å². The van der Waals surface area contributed by atoms with Gasteiger partial charge in [-0.15, -0.1) is 0 Å². The van der Waals surface area contributed by atoms with Gasteiger partial charge in [0.2, 0.25) is 11.8 Å². The Balaban J connectivity index is 1.54. The maximum absolute atomic E-state index is 14.8. The molecule has 4 aliphatic rings. The minimum atomic E-state index is -4.72. The summed E-state index contributed by atoms with van der Waals surface area (Å²) >= 11 is 0. The first kappa shape index (κ1) is 59.6. The standard InChI is InChI=1S/C47H59N5O19S5/c1-44(2)35-27-33(75(66,67)68)9-11-37(35)50(20-6-23-72(57,58)59)39(44)13-8-31-26-32(30-47(29-31,43(56)49-19-25-74(63,64)65)42(55)48-18-22-51-40(53)14-15-41(51)54)16-17-46(5)45(3,4)36-28-34(76(69,70)71)10-12-38(36)52(46)21-7-24-73(60,61)62/h8-17,26-28H,6-7,18-25,29-30H2,1-5H3,(H,48,55)(H,49,56)(H,57,58,59)(H,60,61,62)(H,63,64,65)(H,66,67,68)(H,69,70,71)/b17-16+,31-8-,39-13+. The molecular weight excluding hydrogens is 1100 g/mol.